The highest BCUT2D eigenvalue weighted by Gasteiger charge is 2.16. The molecule has 0 unspecified atom stereocenters. The van der Waals surface area contributed by atoms with Crippen LogP contribution >= 0.6 is 0 Å². The zero-order chi connectivity index (χ0) is 24.7. The summed E-state index contributed by atoms with van der Waals surface area (Å²) in [6.45, 7) is 11.1. The average Bonchev–Trinajstić information content (AvgIpc) is 3.38. The molecular formula is C28H30N6O. The Morgan fingerprint density at radius 1 is 0.943 bits per heavy atom. The third kappa shape index (κ3) is 4.18. The summed E-state index contributed by atoms with van der Waals surface area (Å²) in [5, 5.41) is 0. The van der Waals surface area contributed by atoms with Crippen molar-refractivity contribution in [3.8, 4) is 22.8 Å². The maximum atomic E-state index is 12.8. The van der Waals surface area contributed by atoms with E-state index in [0.29, 0.717) is 35.5 Å². The first kappa shape index (κ1) is 22.8. The number of hydrogen-bond donors (Lipinski definition) is 1. The molecule has 0 bridgehead atoms. The number of aryl methyl sites for hydroxylation is 1. The summed E-state index contributed by atoms with van der Waals surface area (Å²) < 4.78 is 3.90. The number of rotatable bonds is 6. The largest absolute Gasteiger partial charge is 0.328 e. The second-order valence-electron chi connectivity index (χ2n) is 9.57. The Kier molecular flexibility index (Phi) is 5.84. The third-order valence-electron chi connectivity index (χ3n) is 6.39. The number of imidazole rings is 2. The lowest BCUT2D eigenvalue weighted by Crippen LogP contribution is -2.17. The maximum absolute atomic E-state index is 12.8. The van der Waals surface area contributed by atoms with Crippen molar-refractivity contribution in [3.63, 3.8) is 0 Å². The van der Waals surface area contributed by atoms with Crippen molar-refractivity contribution in [3.05, 3.63) is 88.2 Å². The zero-order valence-corrected chi connectivity index (χ0v) is 20.8. The second-order valence-corrected chi connectivity index (χ2v) is 9.57. The Labute approximate surface area is 204 Å². The molecule has 0 atom stereocenters. The fourth-order valence-corrected chi connectivity index (χ4v) is 4.68. The van der Waals surface area contributed by atoms with Gasteiger partial charge in [-0.1, -0.05) is 62.4 Å². The van der Waals surface area contributed by atoms with Crippen molar-refractivity contribution in [2.75, 3.05) is 0 Å². The van der Waals surface area contributed by atoms with Crippen LogP contribution in [-0.2, 0) is 6.54 Å². The van der Waals surface area contributed by atoms with Crippen LogP contribution in [0.15, 0.2) is 65.7 Å². The van der Waals surface area contributed by atoms with Gasteiger partial charge in [-0.15, -0.1) is 0 Å². The molecule has 178 valence electrons. The number of fused-ring (bicyclic) bond motifs is 1. The van der Waals surface area contributed by atoms with Crippen molar-refractivity contribution < 1.29 is 0 Å². The van der Waals surface area contributed by atoms with Gasteiger partial charge in [0.25, 0.3) is 0 Å². The van der Waals surface area contributed by atoms with Crippen molar-refractivity contribution in [1.82, 2.24) is 29.1 Å². The second kappa shape index (κ2) is 8.98. The van der Waals surface area contributed by atoms with Gasteiger partial charge in [-0.3, -0.25) is 4.57 Å². The SMILES string of the molecule is Cc1cnc(-c2ccc(Cn3c(=O)[nH]c4cnc(-c5ccccc5C(C)C)nc43)cc2)n1C(C)C. The van der Waals surface area contributed by atoms with Gasteiger partial charge in [-0.05, 0) is 37.8 Å². The Balaban J connectivity index is 1.50. The van der Waals surface area contributed by atoms with Gasteiger partial charge in [-0.2, -0.15) is 0 Å². The molecule has 3 aromatic heterocycles. The van der Waals surface area contributed by atoms with Gasteiger partial charge in [0.05, 0.1) is 12.7 Å². The van der Waals surface area contributed by atoms with E-state index in [1.807, 2.05) is 36.5 Å². The molecule has 0 aliphatic carbocycles. The summed E-state index contributed by atoms with van der Waals surface area (Å²) in [6.07, 6.45) is 3.60. The Morgan fingerprint density at radius 3 is 2.40 bits per heavy atom. The van der Waals surface area contributed by atoms with Gasteiger partial charge in [0.15, 0.2) is 11.5 Å². The van der Waals surface area contributed by atoms with Crippen molar-refractivity contribution in [2.24, 2.45) is 0 Å². The third-order valence-corrected chi connectivity index (χ3v) is 6.39. The monoisotopic (exact) mass is 466 g/mol. The number of hydrogen-bond acceptors (Lipinski definition) is 4. The molecule has 0 amide bonds. The lowest BCUT2D eigenvalue weighted by molar-refractivity contribution is 0.592. The van der Waals surface area contributed by atoms with Crippen molar-refractivity contribution in [2.45, 2.75) is 53.1 Å². The van der Waals surface area contributed by atoms with Crippen LogP contribution in [0.1, 0.15) is 56.5 Å². The van der Waals surface area contributed by atoms with Crippen LogP contribution in [-0.4, -0.2) is 29.1 Å². The van der Waals surface area contributed by atoms with Crippen LogP contribution < -0.4 is 5.69 Å². The molecule has 0 saturated heterocycles. The quantitative estimate of drug-likeness (QED) is 0.347. The number of nitrogens with zero attached hydrogens (tertiary/aromatic N) is 5. The fourth-order valence-electron chi connectivity index (χ4n) is 4.68. The molecule has 7 nitrogen and oxygen atoms in total. The number of H-pyrrole nitrogens is 1. The highest BCUT2D eigenvalue weighted by Crippen LogP contribution is 2.28. The Hall–Kier alpha value is -4.00. The van der Waals surface area contributed by atoms with Gasteiger partial charge in [0.1, 0.15) is 11.3 Å². The Bertz CT molecular complexity index is 1550. The van der Waals surface area contributed by atoms with E-state index in [1.54, 1.807) is 10.8 Å². The molecule has 7 heteroatoms. The molecule has 0 radical (unpaired) electrons. The smallest absolute Gasteiger partial charge is 0.326 e. The van der Waals surface area contributed by atoms with E-state index in [-0.39, 0.29) is 5.69 Å². The molecule has 3 heterocycles. The topological polar surface area (TPSA) is 81.4 Å². The van der Waals surface area contributed by atoms with E-state index in [4.69, 9.17) is 4.98 Å². The van der Waals surface area contributed by atoms with Gasteiger partial charge in [0, 0.05) is 29.1 Å². The highest BCUT2D eigenvalue weighted by atomic mass is 16.1. The van der Waals surface area contributed by atoms with Crippen LogP contribution in [0.3, 0.4) is 0 Å². The molecule has 35 heavy (non-hydrogen) atoms. The summed E-state index contributed by atoms with van der Waals surface area (Å²) in [5.74, 6) is 1.92. The van der Waals surface area contributed by atoms with Gasteiger partial charge in [-0.25, -0.2) is 19.7 Å². The summed E-state index contributed by atoms with van der Waals surface area (Å²) >= 11 is 0. The fraction of sp³-hybridized carbons (Fsp3) is 0.286. The Morgan fingerprint density at radius 2 is 1.69 bits per heavy atom. The highest BCUT2D eigenvalue weighted by molar-refractivity contribution is 5.74. The van der Waals surface area contributed by atoms with Crippen molar-refractivity contribution in [1.29, 1.82) is 0 Å². The minimum absolute atomic E-state index is 0.196. The average molecular weight is 467 g/mol. The number of aromatic nitrogens is 6. The molecular weight excluding hydrogens is 436 g/mol. The summed E-state index contributed by atoms with van der Waals surface area (Å²) in [7, 11) is 0. The van der Waals surface area contributed by atoms with E-state index in [9.17, 15) is 4.79 Å². The molecule has 0 spiro atoms. The minimum atomic E-state index is -0.196. The van der Waals surface area contributed by atoms with Crippen LogP contribution in [0.2, 0.25) is 0 Å². The molecule has 1 N–H and O–H groups in total. The normalized spacial score (nSPS) is 11.7. The van der Waals surface area contributed by atoms with Crippen LogP contribution in [0.4, 0.5) is 0 Å². The molecule has 2 aromatic carbocycles. The predicted molar refractivity (Wildman–Crippen MR) is 140 cm³/mol. The zero-order valence-electron chi connectivity index (χ0n) is 20.8. The van der Waals surface area contributed by atoms with Gasteiger partial charge in [0.2, 0.25) is 0 Å². The van der Waals surface area contributed by atoms with Crippen molar-refractivity contribution >= 4 is 11.2 Å². The van der Waals surface area contributed by atoms with E-state index >= 15 is 0 Å². The number of aromatic amines is 1. The van der Waals surface area contributed by atoms with Gasteiger partial charge >= 0.3 is 5.69 Å². The molecule has 0 aliphatic heterocycles. The maximum Gasteiger partial charge on any atom is 0.328 e. The number of nitrogens with one attached hydrogen (secondary N) is 1. The first-order chi connectivity index (χ1) is 16.8. The first-order valence-electron chi connectivity index (χ1n) is 12.0. The van der Waals surface area contributed by atoms with Crippen LogP contribution in [0.5, 0.6) is 0 Å². The lowest BCUT2D eigenvalue weighted by Gasteiger charge is -2.14. The summed E-state index contributed by atoms with van der Waals surface area (Å²) in [6, 6.07) is 16.7. The van der Waals surface area contributed by atoms with Crippen LogP contribution in [0.25, 0.3) is 33.9 Å². The first-order valence-corrected chi connectivity index (χ1v) is 12.0. The van der Waals surface area contributed by atoms with E-state index in [2.05, 4.69) is 72.3 Å². The van der Waals surface area contributed by atoms with Crippen LogP contribution in [0, 0.1) is 6.92 Å². The molecule has 0 fully saturated rings. The summed E-state index contributed by atoms with van der Waals surface area (Å²) in [5.41, 5.74) is 6.42. The van der Waals surface area contributed by atoms with E-state index in [1.165, 1.54) is 5.56 Å². The minimum Gasteiger partial charge on any atom is -0.326 e. The molecule has 0 aliphatic rings. The molecule has 5 aromatic rings. The van der Waals surface area contributed by atoms with Gasteiger partial charge < -0.3 is 9.55 Å². The van der Waals surface area contributed by atoms with E-state index in [0.717, 1.165) is 28.2 Å². The lowest BCUT2D eigenvalue weighted by atomic mass is 9.97. The standard InChI is InChI=1S/C28H30N6O/c1-17(2)22-8-6-7-9-23(22)25-29-15-24-27(32-25)33(28(35)31-24)16-20-10-12-21(13-11-20)26-30-14-19(5)34(26)18(3)4/h6-15,17-18H,16H2,1-5H3,(H,31,35). The molecule has 0 saturated carbocycles. The number of benzene rings is 2. The predicted octanol–water partition coefficient (Wildman–Crippen LogP) is 5.71. The van der Waals surface area contributed by atoms with E-state index < -0.39 is 0 Å². The summed E-state index contributed by atoms with van der Waals surface area (Å²) in [4.78, 5) is 29.7. The molecule has 5 rings (SSSR count).